The van der Waals surface area contributed by atoms with Gasteiger partial charge >= 0.3 is 0 Å². The number of hydrogen-bond acceptors (Lipinski definition) is 4. The molecule has 1 aromatic carbocycles. The van der Waals surface area contributed by atoms with Gasteiger partial charge in [-0.25, -0.2) is 0 Å². The highest BCUT2D eigenvalue weighted by Crippen LogP contribution is 2.57. The first-order chi connectivity index (χ1) is 13.2. The van der Waals surface area contributed by atoms with Gasteiger partial charge in [0.1, 0.15) is 5.75 Å². The van der Waals surface area contributed by atoms with Crippen LogP contribution in [-0.4, -0.2) is 57.2 Å². The molecule has 4 rings (SSSR count). The van der Waals surface area contributed by atoms with Crippen LogP contribution in [0.15, 0.2) is 24.3 Å². The van der Waals surface area contributed by atoms with Crippen LogP contribution in [0.4, 0.5) is 0 Å². The molecule has 3 aliphatic rings. The van der Waals surface area contributed by atoms with Gasteiger partial charge in [0, 0.05) is 39.3 Å². The van der Waals surface area contributed by atoms with E-state index in [1.807, 2.05) is 12.1 Å². The maximum absolute atomic E-state index is 13.4. The van der Waals surface area contributed by atoms with Gasteiger partial charge in [0.05, 0.1) is 12.5 Å². The summed E-state index contributed by atoms with van der Waals surface area (Å²) >= 11 is 0. The third-order valence-corrected chi connectivity index (χ3v) is 7.00. The number of carbonyl (C=O) groups is 1. The smallest absolute Gasteiger partial charge is 0.226 e. The fourth-order valence-electron chi connectivity index (χ4n) is 5.60. The molecule has 0 spiro atoms. The molecule has 2 saturated carbocycles. The van der Waals surface area contributed by atoms with Gasteiger partial charge in [-0.05, 0) is 55.2 Å². The van der Waals surface area contributed by atoms with Crippen LogP contribution in [0.2, 0.25) is 0 Å². The number of nitrogens with zero attached hydrogens (tertiary/aromatic N) is 1. The van der Waals surface area contributed by atoms with Crippen LogP contribution in [-0.2, 0) is 11.2 Å². The van der Waals surface area contributed by atoms with E-state index in [4.69, 9.17) is 4.74 Å². The standard InChI is InChI=1S/C22H33N3O2.ClH/c1-27-20-4-2-3-17(14-20)15-22(16-18-5-6-19(22)13-18)21(26)24-9-12-25-10-7-23-8-11-25;/h2-4,14,18-19,23H,5-13,15-16H2,1H3,(H,24,26);1H. The highest BCUT2D eigenvalue weighted by molar-refractivity contribution is 5.85. The Balaban J connectivity index is 0.00000225. The second kappa shape index (κ2) is 9.47. The number of halogens is 1. The summed E-state index contributed by atoms with van der Waals surface area (Å²) in [5.41, 5.74) is 0.998. The van der Waals surface area contributed by atoms with Crippen molar-refractivity contribution < 1.29 is 9.53 Å². The monoisotopic (exact) mass is 407 g/mol. The molecule has 3 unspecified atom stereocenters. The molecule has 2 bridgehead atoms. The number of hydrogen-bond donors (Lipinski definition) is 2. The summed E-state index contributed by atoms with van der Waals surface area (Å²) in [6.07, 6.45) is 5.63. The van der Waals surface area contributed by atoms with Crippen molar-refractivity contribution in [2.45, 2.75) is 32.1 Å². The predicted octanol–water partition coefficient (Wildman–Crippen LogP) is 2.49. The Morgan fingerprint density at radius 1 is 1.32 bits per heavy atom. The van der Waals surface area contributed by atoms with E-state index < -0.39 is 0 Å². The van der Waals surface area contributed by atoms with E-state index >= 15 is 0 Å². The Morgan fingerprint density at radius 3 is 2.82 bits per heavy atom. The van der Waals surface area contributed by atoms with Crippen LogP contribution >= 0.6 is 12.4 Å². The molecule has 1 aromatic rings. The third kappa shape index (κ3) is 4.47. The van der Waals surface area contributed by atoms with Crippen molar-refractivity contribution in [3.8, 4) is 5.75 Å². The summed E-state index contributed by atoms with van der Waals surface area (Å²) in [6, 6.07) is 8.26. The molecule has 1 aliphatic heterocycles. The third-order valence-electron chi connectivity index (χ3n) is 7.00. The topological polar surface area (TPSA) is 53.6 Å². The lowest BCUT2D eigenvalue weighted by molar-refractivity contribution is -0.134. The summed E-state index contributed by atoms with van der Waals surface area (Å²) in [5, 5.41) is 6.69. The van der Waals surface area contributed by atoms with Crippen LogP contribution in [0.25, 0.3) is 0 Å². The number of amides is 1. The minimum atomic E-state index is -0.223. The lowest BCUT2D eigenvalue weighted by Crippen LogP contribution is -2.50. The van der Waals surface area contributed by atoms with Crippen LogP contribution in [0.3, 0.4) is 0 Å². The zero-order valence-electron chi connectivity index (χ0n) is 16.9. The number of fused-ring (bicyclic) bond motifs is 2. The summed E-state index contributed by atoms with van der Waals surface area (Å²) in [4.78, 5) is 15.8. The van der Waals surface area contributed by atoms with E-state index in [0.717, 1.165) is 63.8 Å². The largest absolute Gasteiger partial charge is 0.497 e. The Morgan fingerprint density at radius 2 is 2.14 bits per heavy atom. The molecule has 1 saturated heterocycles. The van der Waals surface area contributed by atoms with E-state index in [1.54, 1.807) is 7.11 Å². The summed E-state index contributed by atoms with van der Waals surface area (Å²) in [5.74, 6) is 2.44. The molecule has 156 valence electrons. The molecule has 5 nitrogen and oxygen atoms in total. The summed E-state index contributed by atoms with van der Waals surface area (Å²) < 4.78 is 5.40. The Hall–Kier alpha value is -1.30. The van der Waals surface area contributed by atoms with Crippen molar-refractivity contribution >= 4 is 18.3 Å². The van der Waals surface area contributed by atoms with Gasteiger partial charge in [-0.1, -0.05) is 18.6 Å². The van der Waals surface area contributed by atoms with Gasteiger partial charge in [0.2, 0.25) is 5.91 Å². The number of nitrogens with one attached hydrogen (secondary N) is 2. The molecule has 3 fully saturated rings. The maximum Gasteiger partial charge on any atom is 0.226 e. The number of rotatable bonds is 7. The maximum atomic E-state index is 13.4. The lowest BCUT2D eigenvalue weighted by atomic mass is 9.68. The first-order valence-corrected chi connectivity index (χ1v) is 10.5. The highest BCUT2D eigenvalue weighted by Gasteiger charge is 2.55. The highest BCUT2D eigenvalue weighted by atomic mass is 35.5. The molecule has 28 heavy (non-hydrogen) atoms. The van der Waals surface area contributed by atoms with Gasteiger partial charge in [-0.3, -0.25) is 9.69 Å². The molecule has 6 heteroatoms. The number of ether oxygens (including phenoxy) is 1. The van der Waals surface area contributed by atoms with E-state index in [1.165, 1.54) is 24.8 Å². The average molecular weight is 408 g/mol. The van der Waals surface area contributed by atoms with Crippen LogP contribution in [0.5, 0.6) is 5.75 Å². The van der Waals surface area contributed by atoms with Gasteiger partial charge < -0.3 is 15.4 Å². The molecular formula is C22H34ClN3O2. The van der Waals surface area contributed by atoms with E-state index in [0.29, 0.717) is 5.92 Å². The SMILES string of the molecule is COc1cccc(CC2(C(=O)NCCN3CCNCC3)CC3CCC2C3)c1.Cl. The molecular weight excluding hydrogens is 374 g/mol. The Bertz CT molecular complexity index is 665. The van der Waals surface area contributed by atoms with Crippen LogP contribution in [0.1, 0.15) is 31.2 Å². The zero-order chi connectivity index (χ0) is 18.7. The molecule has 3 atom stereocenters. The molecule has 1 heterocycles. The average Bonchev–Trinajstić information content (AvgIpc) is 3.31. The van der Waals surface area contributed by atoms with Crippen molar-refractivity contribution in [1.29, 1.82) is 0 Å². The molecule has 2 N–H and O–H groups in total. The first kappa shape index (κ1) is 21.4. The molecule has 0 aromatic heterocycles. The number of methoxy groups -OCH3 is 1. The van der Waals surface area contributed by atoms with Crippen molar-refractivity contribution in [2.24, 2.45) is 17.3 Å². The van der Waals surface area contributed by atoms with Gasteiger partial charge in [-0.2, -0.15) is 0 Å². The zero-order valence-corrected chi connectivity index (χ0v) is 17.7. The summed E-state index contributed by atoms with van der Waals surface area (Å²) in [6.45, 7) is 5.98. The number of carbonyl (C=O) groups excluding carboxylic acids is 1. The van der Waals surface area contributed by atoms with E-state index in [-0.39, 0.29) is 23.7 Å². The minimum absolute atomic E-state index is 0. The molecule has 0 radical (unpaired) electrons. The molecule has 1 amide bonds. The Labute approximate surface area is 175 Å². The van der Waals surface area contributed by atoms with E-state index in [2.05, 4.69) is 27.7 Å². The fraction of sp³-hybridized carbons (Fsp3) is 0.682. The second-order valence-electron chi connectivity index (χ2n) is 8.61. The van der Waals surface area contributed by atoms with Crippen LogP contribution < -0.4 is 15.4 Å². The predicted molar refractivity (Wildman–Crippen MR) is 114 cm³/mol. The van der Waals surface area contributed by atoms with Crippen molar-refractivity contribution in [1.82, 2.24) is 15.5 Å². The number of benzene rings is 1. The van der Waals surface area contributed by atoms with E-state index in [9.17, 15) is 4.79 Å². The first-order valence-electron chi connectivity index (χ1n) is 10.5. The van der Waals surface area contributed by atoms with Crippen molar-refractivity contribution in [3.63, 3.8) is 0 Å². The quantitative estimate of drug-likeness (QED) is 0.729. The fourth-order valence-corrected chi connectivity index (χ4v) is 5.60. The minimum Gasteiger partial charge on any atom is -0.497 e. The summed E-state index contributed by atoms with van der Waals surface area (Å²) in [7, 11) is 1.70. The van der Waals surface area contributed by atoms with Crippen LogP contribution in [0, 0.1) is 17.3 Å². The lowest BCUT2D eigenvalue weighted by Gasteiger charge is -2.37. The van der Waals surface area contributed by atoms with Gasteiger partial charge in [-0.15, -0.1) is 12.4 Å². The van der Waals surface area contributed by atoms with Gasteiger partial charge in [0.15, 0.2) is 0 Å². The van der Waals surface area contributed by atoms with Gasteiger partial charge in [0.25, 0.3) is 0 Å². The molecule has 2 aliphatic carbocycles. The number of piperazine rings is 1. The van der Waals surface area contributed by atoms with Crippen molar-refractivity contribution in [2.75, 3.05) is 46.4 Å². The van der Waals surface area contributed by atoms with Crippen molar-refractivity contribution in [3.05, 3.63) is 29.8 Å². The normalized spacial score (nSPS) is 29.3. The second-order valence-corrected chi connectivity index (χ2v) is 8.61. The Kier molecular flexibility index (Phi) is 7.24.